The molecule has 0 radical (unpaired) electrons. The number of hydrogen-bond acceptors (Lipinski definition) is 4. The summed E-state index contributed by atoms with van der Waals surface area (Å²) in [4.78, 5) is 2.24. The van der Waals surface area contributed by atoms with Gasteiger partial charge in [0.2, 0.25) is 0 Å². The first-order valence-corrected chi connectivity index (χ1v) is 12.4. The predicted molar refractivity (Wildman–Crippen MR) is 131 cm³/mol. The molecule has 1 N–H and O–H groups in total. The van der Waals surface area contributed by atoms with Gasteiger partial charge in [-0.2, -0.15) is 0 Å². The van der Waals surface area contributed by atoms with Gasteiger partial charge in [-0.1, -0.05) is 30.3 Å². The summed E-state index contributed by atoms with van der Waals surface area (Å²) < 4.78 is 39.2. The van der Waals surface area contributed by atoms with Gasteiger partial charge in [-0.15, -0.1) is 0 Å². The van der Waals surface area contributed by atoms with E-state index >= 15 is 0 Å². The second-order valence-electron chi connectivity index (χ2n) is 9.55. The van der Waals surface area contributed by atoms with Crippen LogP contribution in [0.15, 0.2) is 66.7 Å². The SMILES string of the molecule is O[C@H](CN(CC[C@@H]1CCc2cc(F)ccc2O1)Cc1ccccc1)[C@H]1CCc2cc(F)ccc2O1. The van der Waals surface area contributed by atoms with Crippen LogP contribution >= 0.6 is 0 Å². The highest BCUT2D eigenvalue weighted by Crippen LogP contribution is 2.31. The molecule has 3 aromatic carbocycles. The number of aliphatic hydroxyl groups is 1. The van der Waals surface area contributed by atoms with Gasteiger partial charge in [0.25, 0.3) is 0 Å². The molecule has 0 fully saturated rings. The monoisotopic (exact) mass is 479 g/mol. The molecule has 184 valence electrons. The number of fused-ring (bicyclic) bond motifs is 2. The molecular weight excluding hydrogens is 448 g/mol. The number of ether oxygens (including phenoxy) is 2. The average Bonchev–Trinajstić information content (AvgIpc) is 2.87. The molecule has 0 bridgehead atoms. The van der Waals surface area contributed by atoms with Crippen LogP contribution in [-0.4, -0.2) is 41.4 Å². The van der Waals surface area contributed by atoms with Crippen molar-refractivity contribution in [3.8, 4) is 11.5 Å². The molecule has 2 heterocycles. The fraction of sp³-hybridized carbons (Fsp3) is 0.379. The molecule has 6 heteroatoms. The van der Waals surface area contributed by atoms with Crippen LogP contribution in [0.2, 0.25) is 0 Å². The minimum atomic E-state index is -0.673. The van der Waals surface area contributed by atoms with Crippen LogP contribution in [0, 0.1) is 11.6 Å². The fourth-order valence-electron chi connectivity index (χ4n) is 5.05. The van der Waals surface area contributed by atoms with Crippen LogP contribution in [-0.2, 0) is 19.4 Å². The van der Waals surface area contributed by atoms with Gasteiger partial charge in [-0.3, -0.25) is 4.90 Å². The normalized spacial score (nSPS) is 19.9. The zero-order chi connectivity index (χ0) is 24.2. The lowest BCUT2D eigenvalue weighted by Gasteiger charge is -2.34. The summed E-state index contributed by atoms with van der Waals surface area (Å²) in [6.45, 7) is 1.92. The summed E-state index contributed by atoms with van der Waals surface area (Å²) in [5.41, 5.74) is 2.95. The quantitative estimate of drug-likeness (QED) is 0.476. The van der Waals surface area contributed by atoms with Gasteiger partial charge < -0.3 is 14.6 Å². The van der Waals surface area contributed by atoms with Crippen LogP contribution in [0.5, 0.6) is 11.5 Å². The van der Waals surface area contributed by atoms with E-state index in [2.05, 4.69) is 17.0 Å². The number of aryl methyl sites for hydroxylation is 2. The van der Waals surface area contributed by atoms with Crippen molar-refractivity contribution in [2.75, 3.05) is 13.1 Å². The van der Waals surface area contributed by atoms with Gasteiger partial charge in [-0.05, 0) is 85.2 Å². The molecule has 0 saturated heterocycles. The van der Waals surface area contributed by atoms with Crippen LogP contribution in [0.3, 0.4) is 0 Å². The van der Waals surface area contributed by atoms with Crippen LogP contribution in [0.25, 0.3) is 0 Å². The topological polar surface area (TPSA) is 41.9 Å². The Labute approximate surface area is 205 Å². The van der Waals surface area contributed by atoms with Crippen molar-refractivity contribution in [3.05, 3.63) is 95.1 Å². The Morgan fingerprint density at radius 1 is 0.857 bits per heavy atom. The first-order valence-electron chi connectivity index (χ1n) is 12.4. The first kappa shape index (κ1) is 23.8. The van der Waals surface area contributed by atoms with Crippen molar-refractivity contribution in [1.29, 1.82) is 0 Å². The summed E-state index contributed by atoms with van der Waals surface area (Å²) in [7, 11) is 0. The van der Waals surface area contributed by atoms with E-state index in [1.807, 2.05) is 18.2 Å². The zero-order valence-electron chi connectivity index (χ0n) is 19.7. The van der Waals surface area contributed by atoms with E-state index in [4.69, 9.17) is 9.47 Å². The van der Waals surface area contributed by atoms with Crippen molar-refractivity contribution in [3.63, 3.8) is 0 Å². The number of nitrogens with zero attached hydrogens (tertiary/aromatic N) is 1. The van der Waals surface area contributed by atoms with Gasteiger partial charge in [0.05, 0.1) is 0 Å². The van der Waals surface area contributed by atoms with Crippen LogP contribution in [0.1, 0.15) is 36.0 Å². The Morgan fingerprint density at radius 3 is 2.23 bits per heavy atom. The van der Waals surface area contributed by atoms with Crippen LogP contribution in [0.4, 0.5) is 8.78 Å². The van der Waals surface area contributed by atoms with E-state index < -0.39 is 6.10 Å². The number of halogens is 2. The second-order valence-corrected chi connectivity index (χ2v) is 9.55. The van der Waals surface area contributed by atoms with E-state index in [0.717, 1.165) is 42.7 Å². The third kappa shape index (κ3) is 6.00. The Hall–Kier alpha value is -2.96. The molecule has 35 heavy (non-hydrogen) atoms. The molecule has 3 atom stereocenters. The Kier molecular flexibility index (Phi) is 7.30. The number of rotatable bonds is 8. The molecule has 0 amide bonds. The van der Waals surface area contributed by atoms with Gasteiger partial charge in [0, 0.05) is 19.6 Å². The van der Waals surface area contributed by atoms with E-state index in [9.17, 15) is 13.9 Å². The molecule has 0 aliphatic carbocycles. The highest BCUT2D eigenvalue weighted by Gasteiger charge is 2.29. The number of hydrogen-bond donors (Lipinski definition) is 1. The lowest BCUT2D eigenvalue weighted by atomic mass is 9.98. The number of aliphatic hydroxyl groups excluding tert-OH is 1. The maximum Gasteiger partial charge on any atom is 0.126 e. The van der Waals surface area contributed by atoms with E-state index in [1.54, 1.807) is 18.2 Å². The molecule has 0 spiro atoms. The molecule has 0 saturated carbocycles. The summed E-state index contributed by atoms with van der Waals surface area (Å²) in [5.74, 6) is 0.926. The molecule has 3 aromatic rings. The van der Waals surface area contributed by atoms with Crippen molar-refractivity contribution >= 4 is 0 Å². The first-order chi connectivity index (χ1) is 17.0. The molecule has 2 aliphatic rings. The van der Waals surface area contributed by atoms with E-state index in [0.29, 0.717) is 31.7 Å². The van der Waals surface area contributed by atoms with Crippen molar-refractivity contribution in [2.45, 2.75) is 57.0 Å². The minimum absolute atomic E-state index is 0.0519. The minimum Gasteiger partial charge on any atom is -0.490 e. The van der Waals surface area contributed by atoms with Crippen molar-refractivity contribution < 1.29 is 23.4 Å². The third-order valence-corrected chi connectivity index (χ3v) is 6.94. The van der Waals surface area contributed by atoms with E-state index in [-0.39, 0.29) is 23.8 Å². The molecule has 4 nitrogen and oxygen atoms in total. The zero-order valence-corrected chi connectivity index (χ0v) is 19.7. The molecule has 0 aromatic heterocycles. The molecule has 5 rings (SSSR count). The smallest absolute Gasteiger partial charge is 0.126 e. The number of benzene rings is 3. The lowest BCUT2D eigenvalue weighted by molar-refractivity contribution is -0.00205. The lowest BCUT2D eigenvalue weighted by Crippen LogP contribution is -2.44. The third-order valence-electron chi connectivity index (χ3n) is 6.94. The van der Waals surface area contributed by atoms with Gasteiger partial charge in [-0.25, -0.2) is 8.78 Å². The molecular formula is C29H31F2NO3. The highest BCUT2D eigenvalue weighted by molar-refractivity contribution is 5.36. The Balaban J connectivity index is 1.22. The summed E-state index contributed by atoms with van der Waals surface area (Å²) in [6.07, 6.45) is 2.83. The van der Waals surface area contributed by atoms with Gasteiger partial charge in [0.1, 0.15) is 41.4 Å². The molecule has 0 unspecified atom stereocenters. The maximum atomic E-state index is 13.5. The Morgan fingerprint density at radius 2 is 1.51 bits per heavy atom. The van der Waals surface area contributed by atoms with E-state index in [1.165, 1.54) is 23.8 Å². The van der Waals surface area contributed by atoms with Gasteiger partial charge >= 0.3 is 0 Å². The summed E-state index contributed by atoms with van der Waals surface area (Å²) in [6, 6.07) is 19.5. The fourth-order valence-corrected chi connectivity index (χ4v) is 5.05. The second kappa shape index (κ2) is 10.8. The highest BCUT2D eigenvalue weighted by atomic mass is 19.1. The van der Waals surface area contributed by atoms with Crippen molar-refractivity contribution in [2.24, 2.45) is 0 Å². The Bertz CT molecular complexity index is 1140. The standard InChI is InChI=1S/C29H31F2NO3/c30-23-8-12-27-21(16-23)6-10-25(34-27)14-15-32(18-20-4-2-1-3-5-20)19-26(33)29-11-7-22-17-24(31)9-13-28(22)35-29/h1-5,8-9,12-13,16-17,25-26,29,33H,6-7,10-11,14-15,18-19H2/t25-,26+,29+/m0/s1. The van der Waals surface area contributed by atoms with Crippen molar-refractivity contribution in [1.82, 2.24) is 4.90 Å². The average molecular weight is 480 g/mol. The maximum absolute atomic E-state index is 13.5. The van der Waals surface area contributed by atoms with Gasteiger partial charge in [0.15, 0.2) is 0 Å². The van der Waals surface area contributed by atoms with Crippen LogP contribution < -0.4 is 9.47 Å². The summed E-state index contributed by atoms with van der Waals surface area (Å²) in [5, 5.41) is 11.1. The summed E-state index contributed by atoms with van der Waals surface area (Å²) >= 11 is 0. The predicted octanol–water partition coefficient (Wildman–Crippen LogP) is 5.31. The molecule has 2 aliphatic heterocycles. The largest absolute Gasteiger partial charge is 0.490 e.